The lowest BCUT2D eigenvalue weighted by atomic mass is 9.79. The van der Waals surface area contributed by atoms with Gasteiger partial charge in [0.25, 0.3) is 5.91 Å². The molecule has 4 heterocycles. The van der Waals surface area contributed by atoms with Crippen LogP contribution in [0.2, 0.25) is 5.02 Å². The van der Waals surface area contributed by atoms with E-state index in [0.29, 0.717) is 27.8 Å². The number of carbonyl (C=O) groups is 1. The maximum atomic E-state index is 12.6. The Morgan fingerprint density at radius 2 is 2.08 bits per heavy atom. The van der Waals surface area contributed by atoms with Crippen molar-refractivity contribution in [3.63, 3.8) is 0 Å². The third-order valence-corrected chi connectivity index (χ3v) is 6.44. The first-order valence-corrected chi connectivity index (χ1v) is 9.88. The van der Waals surface area contributed by atoms with Crippen LogP contribution in [0.5, 0.6) is 0 Å². The Kier molecular flexibility index (Phi) is 4.80. The van der Waals surface area contributed by atoms with Crippen molar-refractivity contribution in [2.75, 3.05) is 13.1 Å². The number of nitrogens with one attached hydrogen (secondary N) is 1. The number of hydrogen-bond acceptors (Lipinski definition) is 4. The molecule has 6 heteroatoms. The molecule has 0 saturated carbocycles. The molecule has 3 aliphatic heterocycles. The van der Waals surface area contributed by atoms with Gasteiger partial charge in [0.15, 0.2) is 10.9 Å². The second kappa shape index (κ2) is 7.06. The second-order valence-corrected chi connectivity index (χ2v) is 8.31. The van der Waals surface area contributed by atoms with Gasteiger partial charge in [-0.25, -0.2) is 0 Å². The molecule has 2 aromatic rings. The summed E-state index contributed by atoms with van der Waals surface area (Å²) >= 11 is 7.47. The fourth-order valence-electron chi connectivity index (χ4n) is 3.91. The van der Waals surface area contributed by atoms with E-state index < -0.39 is 0 Å². The molecule has 25 heavy (non-hydrogen) atoms. The molecule has 3 saturated heterocycles. The van der Waals surface area contributed by atoms with Gasteiger partial charge in [-0.15, -0.1) is 0 Å². The topological polar surface area (TPSA) is 45.5 Å². The number of piperidine rings is 3. The van der Waals surface area contributed by atoms with Gasteiger partial charge in [-0.1, -0.05) is 29.4 Å². The average Bonchev–Trinajstić information content (AvgIpc) is 3.07. The maximum absolute atomic E-state index is 12.6. The van der Waals surface area contributed by atoms with Crippen LogP contribution in [0.1, 0.15) is 30.3 Å². The van der Waals surface area contributed by atoms with Crippen molar-refractivity contribution in [1.82, 2.24) is 10.2 Å². The molecule has 3 aliphatic rings. The molecular weight excluding hydrogens is 356 g/mol. The highest BCUT2D eigenvalue weighted by Crippen LogP contribution is 2.33. The third-order valence-electron chi connectivity index (χ3n) is 5.30. The Labute approximate surface area is 156 Å². The number of hydrogen-bond donors (Lipinski definition) is 1. The van der Waals surface area contributed by atoms with E-state index in [1.54, 1.807) is 6.07 Å². The molecule has 0 spiro atoms. The predicted molar refractivity (Wildman–Crippen MR) is 99.3 cm³/mol. The molecule has 3 fully saturated rings. The normalized spacial score (nSPS) is 28.1. The van der Waals surface area contributed by atoms with E-state index in [1.807, 2.05) is 30.3 Å². The first kappa shape index (κ1) is 17.0. The molecule has 132 valence electrons. The van der Waals surface area contributed by atoms with Crippen LogP contribution in [0.25, 0.3) is 0 Å². The fraction of sp³-hybridized carbons (Fsp3) is 0.421. The number of benzene rings is 1. The van der Waals surface area contributed by atoms with E-state index in [-0.39, 0.29) is 11.9 Å². The SMILES string of the molecule is C[C@H]1[C@H](NC(=O)c2ccc(Sc3cccc(Cl)c3)o2)C2CCN1CC2. The van der Waals surface area contributed by atoms with Gasteiger partial charge in [-0.05, 0) is 69.1 Å². The molecule has 4 nitrogen and oxygen atoms in total. The maximum Gasteiger partial charge on any atom is 0.287 e. The first-order valence-electron chi connectivity index (χ1n) is 8.68. The highest BCUT2D eigenvalue weighted by molar-refractivity contribution is 7.99. The molecule has 1 aromatic heterocycles. The molecule has 2 atom stereocenters. The predicted octanol–water partition coefficient (Wildman–Crippen LogP) is 4.30. The molecule has 5 rings (SSSR count). The number of nitrogens with zero attached hydrogens (tertiary/aromatic N) is 1. The standard InChI is InChI=1S/C19H21ClN2O2S/c1-12-18(13-7-9-22(12)10-8-13)21-19(23)16-5-6-17(24-16)25-15-4-2-3-14(20)11-15/h2-6,11-13,18H,7-10H2,1H3,(H,21,23)/t12-,18-/m0/s1. The minimum absolute atomic E-state index is 0.122. The van der Waals surface area contributed by atoms with Crippen LogP contribution < -0.4 is 5.32 Å². The fourth-order valence-corrected chi connectivity index (χ4v) is 5.00. The summed E-state index contributed by atoms with van der Waals surface area (Å²) in [5.74, 6) is 0.830. The van der Waals surface area contributed by atoms with Gasteiger partial charge >= 0.3 is 0 Å². The number of furan rings is 1. The zero-order chi connectivity index (χ0) is 17.4. The number of carbonyl (C=O) groups excluding carboxylic acids is 1. The minimum Gasteiger partial charge on any atom is -0.444 e. The summed E-state index contributed by atoms with van der Waals surface area (Å²) in [5.41, 5.74) is 0. The Morgan fingerprint density at radius 1 is 1.28 bits per heavy atom. The Bertz CT molecular complexity index is 768. The van der Waals surface area contributed by atoms with Gasteiger partial charge in [0.05, 0.1) is 0 Å². The summed E-state index contributed by atoms with van der Waals surface area (Å²) in [6.45, 7) is 4.51. The minimum atomic E-state index is -0.122. The zero-order valence-corrected chi connectivity index (χ0v) is 15.6. The zero-order valence-electron chi connectivity index (χ0n) is 14.1. The van der Waals surface area contributed by atoms with Gasteiger partial charge in [0.2, 0.25) is 0 Å². The summed E-state index contributed by atoms with van der Waals surface area (Å²) in [4.78, 5) is 16.1. The second-order valence-electron chi connectivity index (χ2n) is 6.79. The molecular formula is C19H21ClN2O2S. The third kappa shape index (κ3) is 3.59. The number of amides is 1. The lowest BCUT2D eigenvalue weighted by molar-refractivity contribution is 0.0210. The van der Waals surface area contributed by atoms with Crippen molar-refractivity contribution < 1.29 is 9.21 Å². The van der Waals surface area contributed by atoms with Crippen LogP contribution in [0.3, 0.4) is 0 Å². The number of fused-ring (bicyclic) bond motifs is 3. The van der Waals surface area contributed by atoms with E-state index in [0.717, 1.165) is 18.0 Å². The van der Waals surface area contributed by atoms with E-state index in [2.05, 4.69) is 17.1 Å². The number of rotatable bonds is 4. The van der Waals surface area contributed by atoms with E-state index >= 15 is 0 Å². The van der Waals surface area contributed by atoms with Crippen molar-refractivity contribution >= 4 is 29.3 Å². The van der Waals surface area contributed by atoms with Gasteiger partial charge in [-0.2, -0.15) is 0 Å². The molecule has 2 bridgehead atoms. The van der Waals surface area contributed by atoms with Crippen LogP contribution in [-0.4, -0.2) is 36.0 Å². The van der Waals surface area contributed by atoms with Crippen molar-refractivity contribution in [3.05, 3.63) is 47.2 Å². The first-order chi connectivity index (χ1) is 12.1. The lowest BCUT2D eigenvalue weighted by Crippen LogP contribution is -2.62. The molecule has 0 radical (unpaired) electrons. The van der Waals surface area contributed by atoms with Gasteiger partial charge in [0.1, 0.15) is 0 Å². The molecule has 1 aromatic carbocycles. The van der Waals surface area contributed by atoms with Crippen molar-refractivity contribution in [1.29, 1.82) is 0 Å². The Balaban J connectivity index is 1.42. The van der Waals surface area contributed by atoms with Crippen LogP contribution >= 0.6 is 23.4 Å². The van der Waals surface area contributed by atoms with Crippen molar-refractivity contribution in [2.45, 2.75) is 41.8 Å². The highest BCUT2D eigenvalue weighted by atomic mass is 35.5. The van der Waals surface area contributed by atoms with E-state index in [9.17, 15) is 4.79 Å². The summed E-state index contributed by atoms with van der Waals surface area (Å²) in [5, 5.41) is 4.57. The quantitative estimate of drug-likeness (QED) is 0.864. The van der Waals surface area contributed by atoms with Crippen molar-refractivity contribution in [3.8, 4) is 0 Å². The van der Waals surface area contributed by atoms with Crippen molar-refractivity contribution in [2.24, 2.45) is 5.92 Å². The van der Waals surface area contributed by atoms with Gasteiger partial charge < -0.3 is 9.73 Å². The monoisotopic (exact) mass is 376 g/mol. The summed E-state index contributed by atoms with van der Waals surface area (Å²) < 4.78 is 5.74. The molecule has 0 unspecified atom stereocenters. The Hall–Kier alpha value is -1.43. The van der Waals surface area contributed by atoms with E-state index in [1.165, 1.54) is 24.6 Å². The van der Waals surface area contributed by atoms with Crippen LogP contribution in [0, 0.1) is 5.92 Å². The number of halogens is 1. The van der Waals surface area contributed by atoms with Crippen LogP contribution in [-0.2, 0) is 0 Å². The van der Waals surface area contributed by atoms with Gasteiger partial charge in [0, 0.05) is 22.0 Å². The summed E-state index contributed by atoms with van der Waals surface area (Å²) in [7, 11) is 0. The van der Waals surface area contributed by atoms with Gasteiger partial charge in [-0.3, -0.25) is 9.69 Å². The molecule has 1 N–H and O–H groups in total. The highest BCUT2D eigenvalue weighted by Gasteiger charge is 2.40. The molecule has 1 amide bonds. The van der Waals surface area contributed by atoms with Crippen LogP contribution in [0.4, 0.5) is 0 Å². The average molecular weight is 377 g/mol. The summed E-state index contributed by atoms with van der Waals surface area (Å²) in [6, 6.07) is 11.8. The molecule has 0 aliphatic carbocycles. The van der Waals surface area contributed by atoms with Crippen LogP contribution in [0.15, 0.2) is 50.8 Å². The smallest absolute Gasteiger partial charge is 0.287 e. The largest absolute Gasteiger partial charge is 0.444 e. The van der Waals surface area contributed by atoms with E-state index in [4.69, 9.17) is 16.0 Å². The Morgan fingerprint density at radius 3 is 2.80 bits per heavy atom. The summed E-state index contributed by atoms with van der Waals surface area (Å²) in [6.07, 6.45) is 2.34. The lowest BCUT2D eigenvalue weighted by Gasteiger charge is -2.49.